The van der Waals surface area contributed by atoms with Gasteiger partial charge in [0.05, 0.1) is 59.5 Å². The maximum atomic E-state index is 13.3. The van der Waals surface area contributed by atoms with Crippen molar-refractivity contribution in [3.63, 3.8) is 0 Å². The molecule has 5 saturated heterocycles. The van der Waals surface area contributed by atoms with Gasteiger partial charge in [0.25, 0.3) is 16.7 Å². The van der Waals surface area contributed by atoms with Gasteiger partial charge in [0, 0.05) is 81.5 Å². The molecule has 3 aromatic heterocycles. The highest BCUT2D eigenvalue weighted by molar-refractivity contribution is 8.14. The number of phosphoric acid groups is 2. The van der Waals surface area contributed by atoms with Crippen LogP contribution in [-0.2, 0) is 115 Å². The Bertz CT molecular complexity index is 4800. The van der Waals surface area contributed by atoms with E-state index in [1.807, 2.05) is 144 Å². The lowest BCUT2D eigenvalue weighted by Crippen LogP contribution is -2.47. The van der Waals surface area contributed by atoms with Crippen molar-refractivity contribution >= 4 is 147 Å². The van der Waals surface area contributed by atoms with E-state index < -0.39 is 143 Å². The Morgan fingerprint density at radius 3 is 1.21 bits per heavy atom. The van der Waals surface area contributed by atoms with Crippen LogP contribution in [0.25, 0.3) is 0 Å². The first-order chi connectivity index (χ1) is 55.6. The predicted molar refractivity (Wildman–Crippen MR) is 487 cm³/mol. The van der Waals surface area contributed by atoms with Gasteiger partial charge in [-0.25, -0.2) is 32.6 Å². The Morgan fingerprint density at radius 1 is 0.524 bits per heavy atom. The van der Waals surface area contributed by atoms with Crippen LogP contribution in [0.15, 0.2) is 126 Å². The van der Waals surface area contributed by atoms with E-state index in [0.29, 0.717) is 11.5 Å². The van der Waals surface area contributed by atoms with Gasteiger partial charge >= 0.3 is 38.8 Å². The van der Waals surface area contributed by atoms with E-state index in [9.17, 15) is 71.9 Å². The largest absolute Gasteiger partial charge is 0.475 e. The van der Waals surface area contributed by atoms with E-state index in [0.717, 1.165) is 64.7 Å². The molecule has 46 heteroatoms. The van der Waals surface area contributed by atoms with Gasteiger partial charge in [-0.3, -0.25) is 84.0 Å². The van der Waals surface area contributed by atoms with Crippen molar-refractivity contribution in [2.45, 2.75) is 230 Å². The van der Waals surface area contributed by atoms with Crippen molar-refractivity contribution in [1.29, 1.82) is 0 Å². The van der Waals surface area contributed by atoms with Crippen molar-refractivity contribution < 1.29 is 104 Å². The van der Waals surface area contributed by atoms with Crippen molar-refractivity contribution in [3.8, 4) is 0 Å². The zero-order valence-corrected chi connectivity index (χ0v) is 78.4. The molecule has 10 rings (SSSR count). The molecule has 124 heavy (non-hydrogen) atoms. The first-order valence-electron chi connectivity index (χ1n) is 37.2. The number of nitrogens with zero attached hydrogens (tertiary/aromatic N) is 5. The van der Waals surface area contributed by atoms with Gasteiger partial charge in [-0.1, -0.05) is 221 Å². The van der Waals surface area contributed by atoms with Crippen molar-refractivity contribution in [2.75, 3.05) is 69.3 Å². The minimum absolute atomic E-state index is 0. The number of aromatic nitrogens is 6. The molecule has 5 fully saturated rings. The molecule has 5 aromatic rings. The Kier molecular flexibility index (Phi) is 46.9. The average Bonchev–Trinajstić information content (AvgIpc) is 1.60. The van der Waals surface area contributed by atoms with Gasteiger partial charge in [0.1, 0.15) is 64.7 Å². The molecular formula is C78H120Cl5N6O28P3S4. The third kappa shape index (κ3) is 33.7. The second kappa shape index (κ2) is 50.1. The smallest absolute Gasteiger partial charge is 0.396 e. The number of aromatic amines is 1. The van der Waals surface area contributed by atoms with Crippen LogP contribution in [0.2, 0.25) is 0 Å². The van der Waals surface area contributed by atoms with Crippen LogP contribution in [0.5, 0.6) is 0 Å². The van der Waals surface area contributed by atoms with E-state index >= 15 is 0 Å². The van der Waals surface area contributed by atoms with E-state index in [-0.39, 0.29) is 139 Å². The predicted octanol–water partition coefficient (Wildman–Crippen LogP) is 14.4. The fourth-order valence-electron chi connectivity index (χ4n) is 11.0. The van der Waals surface area contributed by atoms with E-state index in [4.69, 9.17) is 113 Å². The van der Waals surface area contributed by atoms with Crippen LogP contribution in [0.1, 0.15) is 163 Å². The summed E-state index contributed by atoms with van der Waals surface area (Å²) in [5.41, 5.74) is -3.55. The third-order valence-corrected chi connectivity index (χ3v) is 27.6. The summed E-state index contributed by atoms with van der Waals surface area (Å²) in [4.78, 5) is 119. The lowest BCUT2D eigenvalue weighted by atomic mass is 9.99. The summed E-state index contributed by atoms with van der Waals surface area (Å²) >= 11 is 34.6. The molecule has 2 aromatic carbocycles. The number of benzene rings is 2. The van der Waals surface area contributed by atoms with Crippen molar-refractivity contribution in [1.82, 2.24) is 27.8 Å². The number of hydrogen-bond acceptors (Lipinski definition) is 32. The standard InChI is InChI=1S/C25H32ClN2O9PS.C18H21ClN2O6.C17H24ClN2O8PS.C7H13Cl2O3PS.C7H14O2S.4CH4/c1-24(2,3)22(30)39-13-12-34-38(32)35-15-18-20(37-38)25(4,26)21(36-18)27-11-10-19(29)28(23(27)31)16-33-14-17-8-6-5-7-9-17;1-18(19)15(24)13(9-22)27-16(18)20-8-7-14(23)21(17(20)25)11-26-10-12-5-3-2-4-6-12;1-16(2,3)14(22)30-8-7-25-29(24)26-9-10-12(28-29)17(4,18)13(27-10)20-6-5-11(21)19-15(20)23;1-7(2,3)6(10)14-5-4-12-13(8,9)11;1-7(2,3)6(9)10-5-4-8;;;;/h5-11,18,20-21H,12-16H2,1-4H3;2-8,13,15-16,22,24H,9-11H2,1H3;5-6,10,12-13H,7-9H2,1-4H3,(H,19,21,23);4-5H2,1-3H3;8H,4-5H2,1-3H3;4*1H4/t18-,20-,21-,25-,38?;13-,15-,16-,18-;10-,12-,13-,17-,29?;;;;;;/m111....../s1. The molecule has 5 aliphatic rings. The molecule has 5 aliphatic heterocycles. The second-order valence-electron chi connectivity index (χ2n) is 31.9. The number of aliphatic hydroxyl groups is 3. The molecule has 0 bridgehead atoms. The van der Waals surface area contributed by atoms with Crippen LogP contribution in [0.3, 0.4) is 0 Å². The first kappa shape index (κ1) is 116. The normalized spacial score (nSPS) is 25.7. The molecule has 0 saturated carbocycles. The molecule has 0 spiro atoms. The SMILES string of the molecule is C.C.C.C.CC(C)(C)C(=O)SCCO.CC(C)(C)C(=O)SCCOP(=O)(Cl)Cl.CC(C)(C)C(=O)SCCOP1(=O)OC[C@H]2O[C@@H](n3ccc(=O)[nH]c3=O)[C@](C)(Cl)[C@@H]2O1.CC(C)(C)C(=O)SCCOP1(=O)OC[C@H]2O[C@@H](n3ccc(=O)n(COCc4ccccc4)c3=O)[C@](C)(Cl)[C@@H]2O1.C[C@@]1(Cl)[C@H](O)[C@@H](CO)O[C@H]1n1ccc(=O)n(COCc2ccccc2)c1=O. The van der Waals surface area contributed by atoms with Crippen molar-refractivity contribution in [3.05, 3.63) is 171 Å². The number of aliphatic hydroxyl groups excluding tert-OH is 3. The molecule has 8 heterocycles. The number of hydrogen-bond donors (Lipinski definition) is 4. The molecule has 704 valence electrons. The number of nitrogens with one attached hydrogen (secondary N) is 1. The molecule has 14 atom stereocenters. The van der Waals surface area contributed by atoms with Crippen molar-refractivity contribution in [2.24, 2.45) is 21.7 Å². The number of rotatable bonds is 26. The number of phosphoric ester groups is 2. The van der Waals surface area contributed by atoms with Crippen LogP contribution in [-0.4, -0.2) is 184 Å². The molecule has 34 nitrogen and oxygen atoms in total. The lowest BCUT2D eigenvalue weighted by Gasteiger charge is -2.34. The van der Waals surface area contributed by atoms with Gasteiger partial charge < -0.3 is 43.5 Å². The fourth-order valence-corrected chi connectivity index (χ4v) is 19.2. The Morgan fingerprint density at radius 2 is 0.871 bits per heavy atom. The average molecular weight is 1990 g/mol. The lowest BCUT2D eigenvalue weighted by molar-refractivity contribution is -0.118. The van der Waals surface area contributed by atoms with E-state index in [1.54, 1.807) is 13.8 Å². The maximum Gasteiger partial charge on any atom is 0.475 e. The monoisotopic (exact) mass is 1980 g/mol. The highest BCUT2D eigenvalue weighted by atomic mass is 35.9. The van der Waals surface area contributed by atoms with Crippen LogP contribution < -0.4 is 33.7 Å². The van der Waals surface area contributed by atoms with E-state index in [1.165, 1.54) is 60.0 Å². The molecule has 0 radical (unpaired) electrons. The number of carbonyl (C=O) groups excluding carboxylic acids is 4. The molecule has 2 unspecified atom stereocenters. The Labute approximate surface area is 764 Å². The third-order valence-electron chi connectivity index (χ3n) is 17.5. The summed E-state index contributed by atoms with van der Waals surface area (Å²) in [6.07, 6.45) is -8.15. The summed E-state index contributed by atoms with van der Waals surface area (Å²) in [7, 11) is -7.94. The number of thioether (sulfide) groups is 4. The maximum absolute atomic E-state index is 13.3. The van der Waals surface area contributed by atoms with Gasteiger partial charge in [0.2, 0.25) is 0 Å². The summed E-state index contributed by atoms with van der Waals surface area (Å²) in [6, 6.07) is 22.3. The zero-order valence-electron chi connectivity index (χ0n) is 68.7. The number of fused-ring (bicyclic) bond motifs is 2. The molecule has 0 aliphatic carbocycles. The topological polar surface area (TPSA) is 434 Å². The van der Waals surface area contributed by atoms with Gasteiger partial charge in [-0.15, -0.1) is 34.8 Å². The minimum Gasteiger partial charge on any atom is -0.396 e. The highest BCUT2D eigenvalue weighted by Crippen LogP contribution is 2.62. The summed E-state index contributed by atoms with van der Waals surface area (Å²) in [5, 5.41) is 28.1. The number of alkyl halides is 3. The second-order valence-corrected chi connectivity index (χ2v) is 46.1. The molecule has 0 amide bonds. The van der Waals surface area contributed by atoms with E-state index in [2.05, 4.69) is 9.51 Å². The zero-order chi connectivity index (χ0) is 90.0. The van der Waals surface area contributed by atoms with Crippen LogP contribution in [0.4, 0.5) is 0 Å². The van der Waals surface area contributed by atoms with Gasteiger partial charge in [-0.05, 0) is 54.4 Å². The molecule has 4 N–H and O–H groups in total. The summed E-state index contributed by atoms with van der Waals surface area (Å²) in [6.45, 7) is 26.0. The van der Waals surface area contributed by atoms with Crippen LogP contribution in [0, 0.1) is 21.7 Å². The summed E-state index contributed by atoms with van der Waals surface area (Å²) in [5.74, 6) is 1.46. The number of halogens is 5. The Hall–Kier alpha value is -3.90. The molecular weight excluding hydrogens is 1870 g/mol. The summed E-state index contributed by atoms with van der Waals surface area (Å²) < 4.78 is 108. The minimum atomic E-state index is -4.01. The fraction of sp³-hybridized carbons (Fsp3) is 0.641. The number of carbonyl (C=O) groups is 4. The number of ether oxygens (including phenoxy) is 5. The van der Waals surface area contributed by atoms with Crippen LogP contribution >= 0.6 is 126 Å². The quantitative estimate of drug-likeness (QED) is 0.0227. The highest BCUT2D eigenvalue weighted by Gasteiger charge is 2.62. The first-order valence-corrected chi connectivity index (χ1v) is 48.6. The van der Waals surface area contributed by atoms with Gasteiger partial charge in [-0.2, -0.15) is 0 Å². The number of H-pyrrole nitrogens is 1. The Balaban J connectivity index is 0.000000554. The van der Waals surface area contributed by atoms with Gasteiger partial charge in [0.15, 0.2) is 39.1 Å².